The molecule has 5 nitrogen and oxygen atoms in total. The van der Waals surface area contributed by atoms with E-state index in [0.29, 0.717) is 18.9 Å². The zero-order valence-corrected chi connectivity index (χ0v) is 15.0. The number of aliphatic hydroxyl groups is 1. The van der Waals surface area contributed by atoms with Gasteiger partial charge in [0, 0.05) is 36.0 Å². The van der Waals surface area contributed by atoms with Crippen LogP contribution in [0.15, 0.2) is 35.5 Å². The van der Waals surface area contributed by atoms with Crippen LogP contribution in [0.3, 0.4) is 0 Å². The molecule has 0 bridgehead atoms. The highest BCUT2D eigenvalue weighted by molar-refractivity contribution is 6.15. The number of aliphatic imine (C=N–C) groups is 1. The topological polar surface area (TPSA) is 71.8 Å². The van der Waals surface area contributed by atoms with Crippen LogP contribution in [0.5, 0.6) is 0 Å². The molecular formula is C21H22N2O3. The summed E-state index contributed by atoms with van der Waals surface area (Å²) in [5.74, 6) is 0.124. The molecule has 0 amide bonds. The Hall–Kier alpha value is -2.53. The van der Waals surface area contributed by atoms with E-state index < -0.39 is 0 Å². The normalized spacial score (nSPS) is 18.4. The van der Waals surface area contributed by atoms with Crippen molar-refractivity contribution in [3.8, 4) is 0 Å². The molecule has 5 heteroatoms. The predicted molar refractivity (Wildman–Crippen MR) is 98.4 cm³/mol. The number of ether oxygens (including phenoxy) is 1. The number of esters is 1. The number of hydrogen-bond acceptors (Lipinski definition) is 5. The van der Waals surface area contributed by atoms with Crippen molar-refractivity contribution in [2.45, 2.75) is 45.3 Å². The summed E-state index contributed by atoms with van der Waals surface area (Å²) in [5.41, 5.74) is 7.28. The maximum absolute atomic E-state index is 11.9. The number of rotatable bonds is 4. The molecule has 0 radical (unpaired) electrons. The molecule has 0 fully saturated rings. The number of aliphatic hydroxyl groups excluding tert-OH is 1. The molecule has 26 heavy (non-hydrogen) atoms. The lowest BCUT2D eigenvalue weighted by molar-refractivity contribution is -0.151. The van der Waals surface area contributed by atoms with Crippen LogP contribution in [0.1, 0.15) is 65.8 Å². The number of cyclic esters (lactones) is 1. The number of pyridine rings is 1. The third kappa shape index (κ3) is 2.92. The Bertz CT molecular complexity index is 902. The first-order valence-corrected chi connectivity index (χ1v) is 9.04. The van der Waals surface area contributed by atoms with E-state index in [2.05, 4.69) is 37.0 Å². The molecule has 3 heterocycles. The van der Waals surface area contributed by atoms with Crippen molar-refractivity contribution in [2.24, 2.45) is 4.99 Å². The number of aromatic nitrogens is 1. The van der Waals surface area contributed by atoms with Crippen molar-refractivity contribution >= 4 is 11.7 Å². The van der Waals surface area contributed by atoms with Crippen molar-refractivity contribution < 1.29 is 14.6 Å². The van der Waals surface area contributed by atoms with E-state index >= 15 is 0 Å². The molecule has 0 spiro atoms. The predicted octanol–water partition coefficient (Wildman–Crippen LogP) is 3.08. The van der Waals surface area contributed by atoms with E-state index in [-0.39, 0.29) is 25.1 Å². The third-order valence-corrected chi connectivity index (χ3v) is 5.02. The lowest BCUT2D eigenvalue weighted by Gasteiger charge is -2.26. The van der Waals surface area contributed by atoms with Crippen LogP contribution in [0, 0.1) is 0 Å². The molecule has 0 saturated heterocycles. The van der Waals surface area contributed by atoms with Crippen LogP contribution in [0.25, 0.3) is 0 Å². The van der Waals surface area contributed by atoms with Crippen LogP contribution in [0.4, 0.5) is 0 Å². The van der Waals surface area contributed by atoms with Crippen molar-refractivity contribution in [3.63, 3.8) is 0 Å². The third-order valence-electron chi connectivity index (χ3n) is 5.02. The SMILES string of the molecule is CC(C)c1cc(C2=NCc3cc4c(cc32)C(CCO)OC(=O)C4)ccn1. The van der Waals surface area contributed by atoms with E-state index in [4.69, 9.17) is 9.73 Å². The maximum Gasteiger partial charge on any atom is 0.310 e. The molecule has 1 atom stereocenters. The van der Waals surface area contributed by atoms with Gasteiger partial charge in [0.2, 0.25) is 0 Å². The van der Waals surface area contributed by atoms with Crippen LogP contribution in [0.2, 0.25) is 0 Å². The summed E-state index contributed by atoms with van der Waals surface area (Å²) in [6.07, 6.45) is 2.15. The summed E-state index contributed by atoms with van der Waals surface area (Å²) in [7, 11) is 0. The first-order chi connectivity index (χ1) is 12.6. The molecule has 2 aliphatic rings. The smallest absolute Gasteiger partial charge is 0.310 e. The fraction of sp³-hybridized carbons (Fsp3) is 0.381. The van der Waals surface area contributed by atoms with E-state index in [9.17, 15) is 9.90 Å². The van der Waals surface area contributed by atoms with E-state index in [1.807, 2.05) is 12.3 Å². The van der Waals surface area contributed by atoms with Crippen LogP contribution >= 0.6 is 0 Å². The van der Waals surface area contributed by atoms with Crippen LogP contribution < -0.4 is 0 Å². The van der Waals surface area contributed by atoms with Gasteiger partial charge in [-0.2, -0.15) is 0 Å². The zero-order chi connectivity index (χ0) is 18.3. The second-order valence-corrected chi connectivity index (χ2v) is 7.16. The summed E-state index contributed by atoms with van der Waals surface area (Å²) in [6.45, 7) is 4.86. The summed E-state index contributed by atoms with van der Waals surface area (Å²) in [6, 6.07) is 8.27. The van der Waals surface area contributed by atoms with Gasteiger partial charge >= 0.3 is 5.97 Å². The highest BCUT2D eigenvalue weighted by Crippen LogP contribution is 2.35. The number of nitrogens with zero attached hydrogens (tertiary/aromatic N) is 2. The molecule has 1 N–H and O–H groups in total. The van der Waals surface area contributed by atoms with Crippen LogP contribution in [-0.4, -0.2) is 28.4 Å². The lowest BCUT2D eigenvalue weighted by atomic mass is 9.89. The Kier molecular flexibility index (Phi) is 4.32. The minimum atomic E-state index is -0.382. The van der Waals surface area contributed by atoms with Gasteiger partial charge < -0.3 is 9.84 Å². The summed E-state index contributed by atoms with van der Waals surface area (Å²) < 4.78 is 5.46. The van der Waals surface area contributed by atoms with Gasteiger partial charge in [0.15, 0.2) is 0 Å². The minimum Gasteiger partial charge on any atom is -0.457 e. The largest absolute Gasteiger partial charge is 0.457 e. The Morgan fingerprint density at radius 1 is 1.27 bits per heavy atom. The lowest BCUT2D eigenvalue weighted by Crippen LogP contribution is -2.23. The summed E-state index contributed by atoms with van der Waals surface area (Å²) in [4.78, 5) is 21.0. The monoisotopic (exact) mass is 350 g/mol. The Balaban J connectivity index is 1.76. The molecule has 2 aliphatic heterocycles. The van der Waals surface area contributed by atoms with Gasteiger partial charge in [-0.1, -0.05) is 19.9 Å². The fourth-order valence-corrected chi connectivity index (χ4v) is 3.67. The molecule has 0 saturated carbocycles. The Morgan fingerprint density at radius 2 is 2.12 bits per heavy atom. The quantitative estimate of drug-likeness (QED) is 0.860. The standard InChI is InChI=1S/C21H22N2O3/c1-12(2)18-8-13(3-5-22-18)21-17-10-16-14(7-15(17)11-23-21)9-20(25)26-19(16)4-6-24/h3,5,7-8,10,12,19,24H,4,6,9,11H2,1-2H3. The average Bonchev–Trinajstić information content (AvgIpc) is 3.03. The van der Waals surface area contributed by atoms with Crippen molar-refractivity contribution in [1.29, 1.82) is 0 Å². The fourth-order valence-electron chi connectivity index (χ4n) is 3.67. The number of carbonyl (C=O) groups excluding carboxylic acids is 1. The highest BCUT2D eigenvalue weighted by atomic mass is 16.5. The molecule has 1 aromatic heterocycles. The van der Waals surface area contributed by atoms with E-state index in [1.165, 1.54) is 0 Å². The van der Waals surface area contributed by atoms with Gasteiger partial charge in [-0.25, -0.2) is 0 Å². The number of benzene rings is 1. The number of carbonyl (C=O) groups is 1. The van der Waals surface area contributed by atoms with Gasteiger partial charge in [0.25, 0.3) is 0 Å². The van der Waals surface area contributed by atoms with Crippen molar-refractivity contribution in [1.82, 2.24) is 4.98 Å². The van der Waals surface area contributed by atoms with Crippen LogP contribution in [-0.2, 0) is 22.5 Å². The maximum atomic E-state index is 11.9. The van der Waals surface area contributed by atoms with Crippen molar-refractivity contribution in [3.05, 3.63) is 64.0 Å². The molecule has 1 unspecified atom stereocenters. The number of fused-ring (bicyclic) bond motifs is 2. The van der Waals surface area contributed by atoms with Gasteiger partial charge in [-0.15, -0.1) is 0 Å². The molecule has 2 aromatic rings. The highest BCUT2D eigenvalue weighted by Gasteiger charge is 2.29. The van der Waals surface area contributed by atoms with Gasteiger partial charge in [-0.05, 0) is 40.8 Å². The zero-order valence-electron chi connectivity index (χ0n) is 15.0. The Morgan fingerprint density at radius 3 is 2.88 bits per heavy atom. The van der Waals surface area contributed by atoms with Gasteiger partial charge in [0.05, 0.1) is 18.7 Å². The average molecular weight is 350 g/mol. The van der Waals surface area contributed by atoms with E-state index in [1.54, 1.807) is 0 Å². The Labute approximate surface area is 152 Å². The summed E-state index contributed by atoms with van der Waals surface area (Å²) in [5, 5.41) is 9.31. The molecule has 4 rings (SSSR count). The molecule has 134 valence electrons. The minimum absolute atomic E-state index is 0.0163. The van der Waals surface area contributed by atoms with Gasteiger partial charge in [0.1, 0.15) is 6.10 Å². The van der Waals surface area contributed by atoms with Gasteiger partial charge in [-0.3, -0.25) is 14.8 Å². The molecular weight excluding hydrogens is 328 g/mol. The molecule has 0 aliphatic carbocycles. The first kappa shape index (κ1) is 16.9. The van der Waals surface area contributed by atoms with Crippen molar-refractivity contribution in [2.75, 3.05) is 6.61 Å². The second-order valence-electron chi connectivity index (χ2n) is 7.16. The molecule has 1 aromatic carbocycles. The number of hydrogen-bond donors (Lipinski definition) is 1. The first-order valence-electron chi connectivity index (χ1n) is 9.04. The van der Waals surface area contributed by atoms with E-state index in [0.717, 1.165) is 39.2 Å². The second kappa shape index (κ2) is 6.65. The summed E-state index contributed by atoms with van der Waals surface area (Å²) >= 11 is 0.